The first-order chi connectivity index (χ1) is 19.1. The summed E-state index contributed by atoms with van der Waals surface area (Å²) in [5.41, 5.74) is -6.58. The van der Waals surface area contributed by atoms with Crippen molar-refractivity contribution in [3.8, 4) is 11.5 Å². The highest BCUT2D eigenvalue weighted by Crippen LogP contribution is 2.50. The Hall–Kier alpha value is -3.68. The van der Waals surface area contributed by atoms with Gasteiger partial charge in [0.2, 0.25) is 6.79 Å². The number of amides is 3. The molecule has 2 aromatic rings. The van der Waals surface area contributed by atoms with Gasteiger partial charge in [-0.3, -0.25) is 9.69 Å². The topological polar surface area (TPSA) is 100 Å². The van der Waals surface area contributed by atoms with Crippen LogP contribution in [0.5, 0.6) is 11.5 Å². The molecule has 0 saturated carbocycles. The zero-order valence-corrected chi connectivity index (χ0v) is 22.2. The second kappa shape index (κ2) is 11.0. The van der Waals surface area contributed by atoms with Crippen molar-refractivity contribution < 1.29 is 50.5 Å². The van der Waals surface area contributed by atoms with Crippen molar-refractivity contribution in [2.75, 3.05) is 25.2 Å². The fourth-order valence-electron chi connectivity index (χ4n) is 4.88. The van der Waals surface area contributed by atoms with Crippen LogP contribution >= 0.6 is 0 Å². The lowest BCUT2D eigenvalue weighted by Gasteiger charge is -2.33. The van der Waals surface area contributed by atoms with Crippen LogP contribution in [0.4, 0.5) is 36.8 Å². The first-order valence-electron chi connectivity index (χ1n) is 12.9. The van der Waals surface area contributed by atoms with E-state index in [1.54, 1.807) is 32.0 Å². The number of urea groups is 1. The van der Waals surface area contributed by atoms with E-state index in [2.05, 4.69) is 10.6 Å². The number of halogens is 6. The molecule has 2 aromatic carbocycles. The molecule has 0 spiro atoms. The predicted molar refractivity (Wildman–Crippen MR) is 134 cm³/mol. The molecule has 3 N–H and O–H groups in total. The number of nitrogens with zero attached hydrogens (tertiary/aromatic N) is 1. The molecule has 0 aliphatic carbocycles. The van der Waals surface area contributed by atoms with Crippen molar-refractivity contribution in [2.24, 2.45) is 0 Å². The van der Waals surface area contributed by atoms with E-state index in [-0.39, 0.29) is 31.9 Å². The molecule has 41 heavy (non-hydrogen) atoms. The van der Waals surface area contributed by atoms with Gasteiger partial charge >= 0.3 is 18.4 Å². The summed E-state index contributed by atoms with van der Waals surface area (Å²) in [6, 6.07) is 6.80. The number of ether oxygens (including phenoxy) is 2. The van der Waals surface area contributed by atoms with Gasteiger partial charge < -0.3 is 25.2 Å². The number of hydrogen-bond acceptors (Lipinski definition) is 6. The highest BCUT2D eigenvalue weighted by atomic mass is 19.4. The Labute approximate surface area is 231 Å². The van der Waals surface area contributed by atoms with Crippen molar-refractivity contribution in [3.05, 3.63) is 53.1 Å². The number of nitrogens with one attached hydrogen (secondary N) is 2. The van der Waals surface area contributed by atoms with Crippen molar-refractivity contribution in [1.29, 1.82) is 0 Å². The number of carbonyl (C=O) groups excluding carboxylic acids is 2. The molecule has 0 aromatic heterocycles. The maximum Gasteiger partial charge on any atom is 0.430 e. The van der Waals surface area contributed by atoms with Crippen molar-refractivity contribution in [1.82, 2.24) is 10.2 Å². The molecule has 0 radical (unpaired) electrons. The Morgan fingerprint density at radius 3 is 2.34 bits per heavy atom. The summed E-state index contributed by atoms with van der Waals surface area (Å²) in [7, 11) is 0. The van der Waals surface area contributed by atoms with Gasteiger partial charge in [-0.05, 0) is 55.5 Å². The SMILES string of the molecule is CCCc1cc(C(O)(C(F)(F)F)C(F)(F)F)ccc1NCCCCN1C(=O)NC(C)(c2ccc3c(c2)OCO3)C1=O. The van der Waals surface area contributed by atoms with Gasteiger partial charge in [-0.2, -0.15) is 26.3 Å². The molecule has 8 nitrogen and oxygen atoms in total. The van der Waals surface area contributed by atoms with E-state index < -0.39 is 41.0 Å². The van der Waals surface area contributed by atoms with Crippen LogP contribution < -0.4 is 20.1 Å². The lowest BCUT2D eigenvalue weighted by atomic mass is 9.89. The summed E-state index contributed by atoms with van der Waals surface area (Å²) >= 11 is 0. The summed E-state index contributed by atoms with van der Waals surface area (Å²) in [5, 5.41) is 15.4. The van der Waals surface area contributed by atoms with E-state index in [0.717, 1.165) is 17.0 Å². The van der Waals surface area contributed by atoms with E-state index in [0.29, 0.717) is 48.1 Å². The largest absolute Gasteiger partial charge is 0.454 e. The zero-order chi connectivity index (χ0) is 30.2. The third kappa shape index (κ3) is 5.48. The summed E-state index contributed by atoms with van der Waals surface area (Å²) in [5.74, 6) is 0.552. The summed E-state index contributed by atoms with van der Waals surface area (Å²) in [6.45, 7) is 3.72. The van der Waals surface area contributed by atoms with Gasteiger partial charge in [-0.25, -0.2) is 4.79 Å². The lowest BCUT2D eigenvalue weighted by molar-refractivity contribution is -0.376. The normalized spacial score (nSPS) is 19.1. The molecule has 1 fully saturated rings. The molecule has 224 valence electrons. The first kappa shape index (κ1) is 30.3. The Balaban J connectivity index is 1.38. The fraction of sp³-hybridized carbons (Fsp3) is 0.481. The smallest absolute Gasteiger partial charge is 0.430 e. The average molecular weight is 590 g/mol. The molecular formula is C27H29F6N3O5. The standard InChI is InChI=1S/C27H29F6N3O5/c1-3-6-16-13-18(25(39,26(28,29)30)27(31,32)33)7-9-19(16)34-11-4-5-12-36-22(37)24(2,35-23(36)38)17-8-10-20-21(14-17)41-15-40-20/h7-10,13-14,34,39H,3-6,11-12,15H2,1-2H3,(H,35,38). The van der Waals surface area contributed by atoms with Crippen molar-refractivity contribution >= 4 is 17.6 Å². The number of unbranched alkanes of at least 4 members (excludes halogenated alkanes) is 1. The summed E-state index contributed by atoms with van der Waals surface area (Å²) in [6.07, 6.45) is -10.5. The molecule has 1 saturated heterocycles. The highest BCUT2D eigenvalue weighted by molar-refractivity contribution is 6.07. The number of hydrogen-bond donors (Lipinski definition) is 3. The van der Waals surface area contributed by atoms with Crippen LogP contribution in [-0.4, -0.2) is 54.2 Å². The summed E-state index contributed by atoms with van der Waals surface area (Å²) in [4.78, 5) is 26.9. The molecule has 2 heterocycles. The van der Waals surface area contributed by atoms with Crippen LogP contribution in [0.1, 0.15) is 49.8 Å². The van der Waals surface area contributed by atoms with Crippen LogP contribution in [0.3, 0.4) is 0 Å². The molecule has 3 amide bonds. The van der Waals surface area contributed by atoms with Gasteiger partial charge in [0.1, 0.15) is 5.54 Å². The van der Waals surface area contributed by atoms with E-state index in [1.165, 1.54) is 0 Å². The second-order valence-electron chi connectivity index (χ2n) is 10.0. The van der Waals surface area contributed by atoms with Crippen LogP contribution in [0, 0.1) is 0 Å². The van der Waals surface area contributed by atoms with Crippen LogP contribution in [0.15, 0.2) is 36.4 Å². The molecular weight excluding hydrogens is 560 g/mol. The minimum atomic E-state index is -5.97. The number of rotatable bonds is 10. The highest BCUT2D eigenvalue weighted by Gasteiger charge is 2.71. The quantitative estimate of drug-likeness (QED) is 0.197. The van der Waals surface area contributed by atoms with Crippen LogP contribution in [-0.2, 0) is 22.4 Å². The zero-order valence-electron chi connectivity index (χ0n) is 22.2. The lowest BCUT2D eigenvalue weighted by Crippen LogP contribution is -2.54. The minimum Gasteiger partial charge on any atom is -0.454 e. The van der Waals surface area contributed by atoms with Crippen LogP contribution in [0.2, 0.25) is 0 Å². The Morgan fingerprint density at radius 1 is 1.00 bits per heavy atom. The Bertz CT molecular complexity index is 1300. The number of benzene rings is 2. The number of carbonyl (C=O) groups is 2. The number of fused-ring (bicyclic) bond motifs is 1. The van der Waals surface area contributed by atoms with Gasteiger partial charge in [0.25, 0.3) is 11.5 Å². The number of aryl methyl sites for hydroxylation is 1. The maximum atomic E-state index is 13.3. The minimum absolute atomic E-state index is 0.0589. The molecule has 14 heteroatoms. The molecule has 2 aliphatic heterocycles. The molecule has 1 atom stereocenters. The molecule has 0 bridgehead atoms. The third-order valence-corrected chi connectivity index (χ3v) is 7.21. The van der Waals surface area contributed by atoms with Crippen molar-refractivity contribution in [2.45, 2.75) is 63.0 Å². The van der Waals surface area contributed by atoms with Crippen molar-refractivity contribution in [3.63, 3.8) is 0 Å². The van der Waals surface area contributed by atoms with E-state index in [1.807, 2.05) is 0 Å². The summed E-state index contributed by atoms with van der Waals surface area (Å²) < 4.78 is 90.6. The molecule has 1 unspecified atom stereocenters. The third-order valence-electron chi connectivity index (χ3n) is 7.21. The maximum absolute atomic E-state index is 13.3. The molecule has 4 rings (SSSR count). The van der Waals surface area contributed by atoms with E-state index >= 15 is 0 Å². The van der Waals surface area contributed by atoms with Crippen LogP contribution in [0.25, 0.3) is 0 Å². The monoisotopic (exact) mass is 589 g/mol. The van der Waals surface area contributed by atoms with Gasteiger partial charge in [0.05, 0.1) is 0 Å². The van der Waals surface area contributed by atoms with E-state index in [9.17, 15) is 41.0 Å². The Morgan fingerprint density at radius 2 is 1.68 bits per heavy atom. The van der Waals surface area contributed by atoms with Gasteiger partial charge in [0.15, 0.2) is 11.5 Å². The first-order valence-corrected chi connectivity index (χ1v) is 12.9. The number of aliphatic hydroxyl groups is 1. The average Bonchev–Trinajstić information content (AvgIpc) is 3.45. The second-order valence-corrected chi connectivity index (χ2v) is 10.0. The fourth-order valence-corrected chi connectivity index (χ4v) is 4.88. The van der Waals surface area contributed by atoms with Gasteiger partial charge in [0, 0.05) is 24.3 Å². The van der Waals surface area contributed by atoms with E-state index in [4.69, 9.17) is 9.47 Å². The predicted octanol–water partition coefficient (Wildman–Crippen LogP) is 5.34. The number of anilines is 1. The Kier molecular flexibility index (Phi) is 8.09. The molecule has 2 aliphatic rings. The van der Waals surface area contributed by atoms with Gasteiger partial charge in [-0.1, -0.05) is 31.5 Å². The number of alkyl halides is 6. The number of imide groups is 1. The van der Waals surface area contributed by atoms with Gasteiger partial charge in [-0.15, -0.1) is 0 Å².